The summed E-state index contributed by atoms with van der Waals surface area (Å²) < 4.78 is 0. The van der Waals surface area contributed by atoms with E-state index in [2.05, 4.69) is 6.92 Å². The van der Waals surface area contributed by atoms with Gasteiger partial charge in [0.15, 0.2) is 0 Å². The molecule has 5 nitrogen and oxygen atoms in total. The maximum Gasteiger partial charge on any atom is 0.320 e. The summed E-state index contributed by atoms with van der Waals surface area (Å²) in [5, 5.41) is 27.3. The number of carboxylic acids is 1. The first kappa shape index (κ1) is 21.4. The van der Waals surface area contributed by atoms with Crippen LogP contribution in [-0.2, 0) is 4.79 Å². The summed E-state index contributed by atoms with van der Waals surface area (Å²) in [4.78, 5) is 13.0. The molecular formula is C17H35NO4. The Labute approximate surface area is 135 Å². The Bertz CT molecular complexity index is 255. The Kier molecular flexibility index (Phi) is 14.8. The molecule has 0 fully saturated rings. The Balaban J connectivity index is 3.83. The van der Waals surface area contributed by atoms with E-state index >= 15 is 0 Å². The second kappa shape index (κ2) is 15.3. The molecule has 0 aromatic rings. The van der Waals surface area contributed by atoms with Crippen LogP contribution in [-0.4, -0.2) is 58.5 Å². The second-order valence-electron chi connectivity index (χ2n) is 5.95. The van der Waals surface area contributed by atoms with Crippen molar-refractivity contribution in [3.8, 4) is 0 Å². The van der Waals surface area contributed by atoms with Gasteiger partial charge in [0.25, 0.3) is 0 Å². The molecule has 0 aromatic heterocycles. The Morgan fingerprint density at radius 2 is 1.32 bits per heavy atom. The topological polar surface area (TPSA) is 81.0 Å². The second-order valence-corrected chi connectivity index (χ2v) is 5.95. The van der Waals surface area contributed by atoms with Crippen LogP contribution in [0.3, 0.4) is 0 Å². The van der Waals surface area contributed by atoms with E-state index in [1.807, 2.05) is 0 Å². The van der Waals surface area contributed by atoms with Crippen LogP contribution in [0.25, 0.3) is 0 Å². The number of hydrogen-bond acceptors (Lipinski definition) is 4. The van der Waals surface area contributed by atoms with Gasteiger partial charge in [0.1, 0.15) is 6.04 Å². The van der Waals surface area contributed by atoms with Gasteiger partial charge in [-0.15, -0.1) is 0 Å². The van der Waals surface area contributed by atoms with Gasteiger partial charge in [0.2, 0.25) is 0 Å². The van der Waals surface area contributed by atoms with Crippen LogP contribution >= 0.6 is 0 Å². The number of rotatable bonds is 16. The normalized spacial score (nSPS) is 12.7. The summed E-state index contributed by atoms with van der Waals surface area (Å²) >= 11 is 0. The van der Waals surface area contributed by atoms with Gasteiger partial charge in [-0.05, 0) is 6.42 Å². The third-order valence-corrected chi connectivity index (χ3v) is 4.08. The summed E-state index contributed by atoms with van der Waals surface area (Å²) in [7, 11) is 0. The van der Waals surface area contributed by atoms with E-state index in [9.17, 15) is 9.90 Å². The van der Waals surface area contributed by atoms with E-state index in [1.54, 1.807) is 4.90 Å². The van der Waals surface area contributed by atoms with Crippen molar-refractivity contribution in [3.05, 3.63) is 0 Å². The standard InChI is InChI=1S/C17H35NO4/c1-2-3-4-5-6-7-8-9-10-11-16(17(21)22)18(12-14-19)13-15-20/h16,19-20H,2-15H2,1H3,(H,21,22). The summed E-state index contributed by atoms with van der Waals surface area (Å²) in [6.45, 7) is 2.66. The molecule has 0 aliphatic heterocycles. The number of nitrogens with zero attached hydrogens (tertiary/aromatic N) is 1. The predicted molar refractivity (Wildman–Crippen MR) is 89.0 cm³/mol. The number of aliphatic carboxylic acids is 1. The lowest BCUT2D eigenvalue weighted by molar-refractivity contribution is -0.144. The Morgan fingerprint density at radius 1 is 0.864 bits per heavy atom. The molecule has 0 spiro atoms. The summed E-state index contributed by atoms with van der Waals surface area (Å²) in [6, 6.07) is -0.594. The van der Waals surface area contributed by atoms with Crippen LogP contribution in [0.5, 0.6) is 0 Å². The molecule has 5 heteroatoms. The van der Waals surface area contributed by atoms with Crippen LogP contribution < -0.4 is 0 Å². The van der Waals surface area contributed by atoms with Crippen LogP contribution in [0.4, 0.5) is 0 Å². The minimum atomic E-state index is -0.860. The Morgan fingerprint density at radius 3 is 1.73 bits per heavy atom. The number of hydrogen-bond donors (Lipinski definition) is 3. The lowest BCUT2D eigenvalue weighted by Gasteiger charge is -2.27. The first-order valence-corrected chi connectivity index (χ1v) is 8.85. The van der Waals surface area contributed by atoms with Gasteiger partial charge in [0.05, 0.1) is 13.2 Å². The molecule has 1 atom stereocenters. The number of carboxylic acid groups (broad SMARTS) is 1. The van der Waals surface area contributed by atoms with Crippen molar-refractivity contribution >= 4 is 5.97 Å². The minimum Gasteiger partial charge on any atom is -0.480 e. The zero-order valence-electron chi connectivity index (χ0n) is 14.2. The molecule has 0 aliphatic carbocycles. The van der Waals surface area contributed by atoms with E-state index in [0.717, 1.165) is 12.8 Å². The maximum atomic E-state index is 11.4. The van der Waals surface area contributed by atoms with E-state index in [1.165, 1.54) is 44.9 Å². The molecule has 0 saturated heterocycles. The van der Waals surface area contributed by atoms with Crippen molar-refractivity contribution in [2.45, 2.75) is 77.2 Å². The maximum absolute atomic E-state index is 11.4. The summed E-state index contributed by atoms with van der Waals surface area (Å²) in [6.07, 6.45) is 11.5. The van der Waals surface area contributed by atoms with Gasteiger partial charge in [-0.3, -0.25) is 9.69 Å². The molecule has 0 bridgehead atoms. The van der Waals surface area contributed by atoms with Crippen molar-refractivity contribution in [3.63, 3.8) is 0 Å². The first-order chi connectivity index (χ1) is 10.7. The van der Waals surface area contributed by atoms with Crippen LogP contribution in [0.2, 0.25) is 0 Å². The average Bonchev–Trinajstić information content (AvgIpc) is 2.49. The number of unbranched alkanes of at least 4 members (excludes halogenated alkanes) is 8. The third kappa shape index (κ3) is 11.0. The van der Waals surface area contributed by atoms with Gasteiger partial charge in [-0.2, -0.15) is 0 Å². The SMILES string of the molecule is CCCCCCCCCCCC(C(=O)O)N(CCO)CCO. The molecule has 3 N–H and O–H groups in total. The molecular weight excluding hydrogens is 282 g/mol. The lowest BCUT2D eigenvalue weighted by Crippen LogP contribution is -2.44. The van der Waals surface area contributed by atoms with Crippen molar-refractivity contribution < 1.29 is 20.1 Å². The van der Waals surface area contributed by atoms with Gasteiger partial charge in [-0.1, -0.05) is 64.7 Å². The van der Waals surface area contributed by atoms with E-state index in [0.29, 0.717) is 19.5 Å². The molecule has 0 heterocycles. The van der Waals surface area contributed by atoms with Crippen LogP contribution in [0.1, 0.15) is 71.1 Å². The van der Waals surface area contributed by atoms with Crippen LogP contribution in [0, 0.1) is 0 Å². The minimum absolute atomic E-state index is 0.0818. The zero-order chi connectivity index (χ0) is 16.6. The van der Waals surface area contributed by atoms with Gasteiger partial charge in [-0.25, -0.2) is 0 Å². The molecule has 1 unspecified atom stereocenters. The molecule has 0 saturated carbocycles. The fourth-order valence-corrected chi connectivity index (χ4v) is 2.79. The number of aliphatic hydroxyl groups is 2. The van der Waals surface area contributed by atoms with Gasteiger partial charge in [0, 0.05) is 13.1 Å². The predicted octanol–water partition coefficient (Wildman–Crippen LogP) is 2.65. The van der Waals surface area contributed by atoms with E-state index < -0.39 is 12.0 Å². The lowest BCUT2D eigenvalue weighted by atomic mass is 10.0. The molecule has 0 rings (SSSR count). The van der Waals surface area contributed by atoms with E-state index in [-0.39, 0.29) is 13.2 Å². The highest BCUT2D eigenvalue weighted by molar-refractivity contribution is 5.73. The highest BCUT2D eigenvalue weighted by Gasteiger charge is 2.24. The smallest absolute Gasteiger partial charge is 0.320 e. The summed E-state index contributed by atoms with van der Waals surface area (Å²) in [5.74, 6) is -0.860. The third-order valence-electron chi connectivity index (χ3n) is 4.08. The zero-order valence-corrected chi connectivity index (χ0v) is 14.2. The molecule has 0 aromatic carbocycles. The molecule has 0 aliphatic rings. The number of carbonyl (C=O) groups is 1. The van der Waals surface area contributed by atoms with E-state index in [4.69, 9.17) is 10.2 Å². The average molecular weight is 317 g/mol. The fraction of sp³-hybridized carbons (Fsp3) is 0.941. The molecule has 132 valence electrons. The van der Waals surface area contributed by atoms with Crippen molar-refractivity contribution in [2.24, 2.45) is 0 Å². The van der Waals surface area contributed by atoms with Gasteiger partial charge >= 0.3 is 5.97 Å². The monoisotopic (exact) mass is 317 g/mol. The van der Waals surface area contributed by atoms with Gasteiger partial charge < -0.3 is 15.3 Å². The largest absolute Gasteiger partial charge is 0.480 e. The summed E-state index contributed by atoms with van der Waals surface area (Å²) in [5.41, 5.74) is 0. The number of aliphatic hydroxyl groups excluding tert-OH is 2. The fourth-order valence-electron chi connectivity index (χ4n) is 2.79. The van der Waals surface area contributed by atoms with Crippen molar-refractivity contribution in [1.29, 1.82) is 0 Å². The molecule has 22 heavy (non-hydrogen) atoms. The first-order valence-electron chi connectivity index (χ1n) is 8.85. The van der Waals surface area contributed by atoms with Crippen molar-refractivity contribution in [2.75, 3.05) is 26.3 Å². The Hall–Kier alpha value is -0.650. The van der Waals surface area contributed by atoms with Crippen molar-refractivity contribution in [1.82, 2.24) is 4.90 Å². The molecule has 0 amide bonds. The van der Waals surface area contributed by atoms with Crippen LogP contribution in [0.15, 0.2) is 0 Å². The molecule has 0 radical (unpaired) electrons. The highest BCUT2D eigenvalue weighted by atomic mass is 16.4. The quantitative estimate of drug-likeness (QED) is 0.381. The highest BCUT2D eigenvalue weighted by Crippen LogP contribution is 2.14.